The Balaban J connectivity index is 1.21. The zero-order chi connectivity index (χ0) is 24.4. The minimum atomic E-state index is -0.728. The highest BCUT2D eigenvalue weighted by Crippen LogP contribution is 2.29. The van der Waals surface area contributed by atoms with Crippen LogP contribution in [0, 0.1) is 0 Å². The average molecular weight is 469 g/mol. The Kier molecular flexibility index (Phi) is 6.14. The second-order valence-electron chi connectivity index (χ2n) is 8.73. The van der Waals surface area contributed by atoms with Crippen molar-refractivity contribution in [2.45, 2.75) is 31.8 Å². The van der Waals surface area contributed by atoms with E-state index in [2.05, 4.69) is 11.4 Å². The fourth-order valence-corrected chi connectivity index (χ4v) is 4.68. The molecule has 1 aliphatic carbocycles. The van der Waals surface area contributed by atoms with Gasteiger partial charge in [0.1, 0.15) is 0 Å². The summed E-state index contributed by atoms with van der Waals surface area (Å²) in [6.45, 7) is -0.279. The largest absolute Gasteiger partial charge is 0.452 e. The molecule has 0 saturated carbocycles. The van der Waals surface area contributed by atoms with Crippen LogP contribution in [0.25, 0.3) is 0 Å². The number of rotatable bonds is 6. The Morgan fingerprint density at radius 2 is 1.66 bits per heavy atom. The molecule has 3 amide bonds. The molecule has 1 aliphatic heterocycles. The standard InChI is InChI=1S/C28H24N2O5/c31-25(29-24-12-6-10-19-9-4-5-11-21(19)24)17-35-28(34)20-13-14-22-23(15-20)27(33)30(26(22)32)16-18-7-2-1-3-8-18/h1-5,7-9,11,13-15,24H,6,10,12,16-17H2,(H,29,31)/t24-/m0/s1. The lowest BCUT2D eigenvalue weighted by Gasteiger charge is -2.26. The molecule has 5 rings (SSSR count). The van der Waals surface area contributed by atoms with Crippen LogP contribution >= 0.6 is 0 Å². The van der Waals surface area contributed by atoms with Gasteiger partial charge in [-0.25, -0.2) is 4.79 Å². The normalized spacial score (nSPS) is 16.5. The van der Waals surface area contributed by atoms with Gasteiger partial charge in [-0.15, -0.1) is 0 Å². The van der Waals surface area contributed by atoms with Crippen molar-refractivity contribution in [2.75, 3.05) is 6.61 Å². The SMILES string of the molecule is O=C(COC(=O)c1ccc2c(c1)C(=O)N(Cc1ccccc1)C2=O)N[C@H]1CCCc2ccccc21. The molecule has 0 aromatic heterocycles. The van der Waals surface area contributed by atoms with Gasteiger partial charge in [-0.3, -0.25) is 19.3 Å². The Morgan fingerprint density at radius 3 is 2.49 bits per heavy atom. The molecule has 1 N–H and O–H groups in total. The van der Waals surface area contributed by atoms with E-state index in [9.17, 15) is 19.2 Å². The van der Waals surface area contributed by atoms with Crippen molar-refractivity contribution in [3.8, 4) is 0 Å². The zero-order valence-electron chi connectivity index (χ0n) is 19.0. The summed E-state index contributed by atoms with van der Waals surface area (Å²) in [6, 6.07) is 21.4. The number of fused-ring (bicyclic) bond motifs is 2. The number of amides is 3. The first-order valence-corrected chi connectivity index (χ1v) is 11.6. The van der Waals surface area contributed by atoms with Crippen molar-refractivity contribution >= 4 is 23.7 Å². The molecule has 2 aliphatic rings. The van der Waals surface area contributed by atoms with Gasteiger partial charge in [0.25, 0.3) is 17.7 Å². The third kappa shape index (κ3) is 4.57. The number of nitrogens with one attached hydrogen (secondary N) is 1. The van der Waals surface area contributed by atoms with Crippen molar-refractivity contribution in [2.24, 2.45) is 0 Å². The van der Waals surface area contributed by atoms with Crippen molar-refractivity contribution in [1.82, 2.24) is 10.2 Å². The number of nitrogens with zero attached hydrogens (tertiary/aromatic N) is 1. The number of imide groups is 1. The van der Waals surface area contributed by atoms with E-state index in [-0.39, 0.29) is 35.2 Å². The summed E-state index contributed by atoms with van der Waals surface area (Å²) in [7, 11) is 0. The van der Waals surface area contributed by atoms with Crippen LogP contribution in [0.2, 0.25) is 0 Å². The molecule has 0 bridgehead atoms. The summed E-state index contributed by atoms with van der Waals surface area (Å²) in [4.78, 5) is 51.8. The Labute approximate surface area is 202 Å². The summed E-state index contributed by atoms with van der Waals surface area (Å²) in [5.74, 6) is -1.98. The first-order valence-electron chi connectivity index (χ1n) is 11.6. The zero-order valence-corrected chi connectivity index (χ0v) is 19.0. The molecule has 35 heavy (non-hydrogen) atoms. The minimum Gasteiger partial charge on any atom is -0.452 e. The van der Waals surface area contributed by atoms with E-state index in [1.807, 2.05) is 48.5 Å². The molecule has 3 aromatic rings. The van der Waals surface area contributed by atoms with Gasteiger partial charge < -0.3 is 10.1 Å². The number of carbonyl (C=O) groups is 4. The van der Waals surface area contributed by atoms with E-state index < -0.39 is 24.4 Å². The van der Waals surface area contributed by atoms with Crippen LogP contribution in [0.1, 0.15) is 66.6 Å². The molecule has 7 heteroatoms. The quantitative estimate of drug-likeness (QED) is 0.438. The number of benzene rings is 3. The Hall–Kier alpha value is -4.26. The fraction of sp³-hybridized carbons (Fsp3) is 0.214. The lowest BCUT2D eigenvalue weighted by Crippen LogP contribution is -2.34. The predicted molar refractivity (Wildman–Crippen MR) is 128 cm³/mol. The lowest BCUT2D eigenvalue weighted by molar-refractivity contribution is -0.125. The summed E-state index contributed by atoms with van der Waals surface area (Å²) in [5, 5.41) is 2.94. The first kappa shape index (κ1) is 22.5. The summed E-state index contributed by atoms with van der Waals surface area (Å²) in [5.41, 5.74) is 3.66. The fourth-order valence-electron chi connectivity index (χ4n) is 4.68. The number of hydrogen-bond donors (Lipinski definition) is 1. The predicted octanol–water partition coefficient (Wildman–Crippen LogP) is 3.83. The molecule has 0 saturated heterocycles. The molecule has 0 unspecified atom stereocenters. The maximum atomic E-state index is 12.9. The van der Waals surface area contributed by atoms with Crippen molar-refractivity contribution < 1.29 is 23.9 Å². The number of aryl methyl sites for hydroxylation is 1. The molecule has 0 spiro atoms. The highest BCUT2D eigenvalue weighted by Gasteiger charge is 2.36. The van der Waals surface area contributed by atoms with E-state index in [1.54, 1.807) is 0 Å². The molecule has 7 nitrogen and oxygen atoms in total. The van der Waals surface area contributed by atoms with Crippen LogP contribution in [0.4, 0.5) is 0 Å². The second-order valence-corrected chi connectivity index (χ2v) is 8.73. The van der Waals surface area contributed by atoms with Crippen LogP contribution in [0.15, 0.2) is 72.8 Å². The van der Waals surface area contributed by atoms with Crippen LogP contribution in [0.3, 0.4) is 0 Å². The van der Waals surface area contributed by atoms with Gasteiger partial charge in [0.15, 0.2) is 6.61 Å². The Morgan fingerprint density at radius 1 is 0.914 bits per heavy atom. The molecule has 3 aromatic carbocycles. The third-order valence-electron chi connectivity index (χ3n) is 6.43. The van der Waals surface area contributed by atoms with E-state index in [4.69, 9.17) is 4.74 Å². The van der Waals surface area contributed by atoms with Gasteiger partial charge in [-0.05, 0) is 54.2 Å². The maximum Gasteiger partial charge on any atom is 0.338 e. The van der Waals surface area contributed by atoms with Crippen molar-refractivity contribution in [3.05, 3.63) is 106 Å². The van der Waals surface area contributed by atoms with Gasteiger partial charge in [0.05, 0.1) is 29.3 Å². The van der Waals surface area contributed by atoms with E-state index in [1.165, 1.54) is 23.8 Å². The van der Waals surface area contributed by atoms with E-state index in [0.29, 0.717) is 0 Å². The summed E-state index contributed by atoms with van der Waals surface area (Å²) < 4.78 is 5.20. The monoisotopic (exact) mass is 468 g/mol. The van der Waals surface area contributed by atoms with Gasteiger partial charge in [0, 0.05) is 0 Å². The van der Waals surface area contributed by atoms with E-state index in [0.717, 1.165) is 35.3 Å². The van der Waals surface area contributed by atoms with Crippen LogP contribution in [-0.4, -0.2) is 35.2 Å². The first-order chi connectivity index (χ1) is 17.0. The van der Waals surface area contributed by atoms with Crippen molar-refractivity contribution in [3.63, 3.8) is 0 Å². The third-order valence-corrected chi connectivity index (χ3v) is 6.43. The topological polar surface area (TPSA) is 92.8 Å². The number of hydrogen-bond acceptors (Lipinski definition) is 5. The van der Waals surface area contributed by atoms with Crippen LogP contribution < -0.4 is 5.32 Å². The minimum absolute atomic E-state index is 0.106. The summed E-state index contributed by atoms with van der Waals surface area (Å²) in [6.07, 6.45) is 2.79. The number of carbonyl (C=O) groups excluding carboxylic acids is 4. The molecule has 0 radical (unpaired) electrons. The Bertz CT molecular complexity index is 1320. The number of esters is 1. The van der Waals surface area contributed by atoms with Gasteiger partial charge in [-0.1, -0.05) is 54.6 Å². The van der Waals surface area contributed by atoms with Gasteiger partial charge in [-0.2, -0.15) is 0 Å². The van der Waals surface area contributed by atoms with Crippen LogP contribution in [0.5, 0.6) is 0 Å². The highest BCUT2D eigenvalue weighted by atomic mass is 16.5. The molecule has 0 fully saturated rings. The number of ether oxygens (including phenoxy) is 1. The average Bonchev–Trinajstić information content (AvgIpc) is 3.12. The molecule has 176 valence electrons. The van der Waals surface area contributed by atoms with Gasteiger partial charge in [0.2, 0.25) is 0 Å². The second kappa shape index (κ2) is 9.54. The molecule has 1 atom stereocenters. The molecule has 1 heterocycles. The van der Waals surface area contributed by atoms with Gasteiger partial charge >= 0.3 is 5.97 Å². The molecular weight excluding hydrogens is 444 g/mol. The van der Waals surface area contributed by atoms with Crippen molar-refractivity contribution in [1.29, 1.82) is 0 Å². The maximum absolute atomic E-state index is 12.9. The summed E-state index contributed by atoms with van der Waals surface area (Å²) >= 11 is 0. The van der Waals surface area contributed by atoms with Crippen LogP contribution in [-0.2, 0) is 22.5 Å². The highest BCUT2D eigenvalue weighted by molar-refractivity contribution is 6.21. The van der Waals surface area contributed by atoms with E-state index >= 15 is 0 Å². The molecular formula is C28H24N2O5. The lowest BCUT2D eigenvalue weighted by atomic mass is 9.88. The smallest absolute Gasteiger partial charge is 0.338 e.